The van der Waals surface area contributed by atoms with E-state index >= 15 is 0 Å². The van der Waals surface area contributed by atoms with E-state index < -0.39 is 29.2 Å². The van der Waals surface area contributed by atoms with Crippen LogP contribution in [0.3, 0.4) is 0 Å². The summed E-state index contributed by atoms with van der Waals surface area (Å²) in [5, 5.41) is 19.8. The number of nitrogens with two attached hydrogens (primary N) is 1. The predicted octanol–water partition coefficient (Wildman–Crippen LogP) is 3.58. The van der Waals surface area contributed by atoms with Gasteiger partial charge in [0.15, 0.2) is 0 Å². The third-order valence-corrected chi connectivity index (χ3v) is 5.90. The second-order valence-electron chi connectivity index (χ2n) is 9.12. The smallest absolute Gasteiger partial charge is 0.355 e. The van der Waals surface area contributed by atoms with E-state index in [-0.39, 0.29) is 33.9 Å². The van der Waals surface area contributed by atoms with Crippen LogP contribution in [0.25, 0.3) is 0 Å². The van der Waals surface area contributed by atoms with Crippen molar-refractivity contribution in [3.8, 4) is 6.07 Å². The molecule has 0 fully saturated rings. The zero-order valence-corrected chi connectivity index (χ0v) is 20.7. The monoisotopic (exact) mass is 489 g/mol. The third-order valence-electron chi connectivity index (χ3n) is 5.90. The van der Waals surface area contributed by atoms with Gasteiger partial charge in [-0.3, -0.25) is 4.90 Å². The van der Waals surface area contributed by atoms with Crippen molar-refractivity contribution in [3.05, 3.63) is 87.9 Å². The van der Waals surface area contributed by atoms with E-state index in [1.807, 2.05) is 20.8 Å². The highest BCUT2D eigenvalue weighted by Crippen LogP contribution is 2.45. The van der Waals surface area contributed by atoms with Gasteiger partial charge in [-0.1, -0.05) is 57.2 Å². The van der Waals surface area contributed by atoms with E-state index in [1.54, 1.807) is 36.4 Å². The molecule has 1 aliphatic rings. The van der Waals surface area contributed by atoms with Gasteiger partial charge < -0.3 is 20.3 Å². The van der Waals surface area contributed by atoms with Crippen LogP contribution in [0.2, 0.25) is 0 Å². The lowest BCUT2D eigenvalue weighted by molar-refractivity contribution is -0.139. The van der Waals surface area contributed by atoms with Crippen LogP contribution in [0.5, 0.6) is 0 Å². The van der Waals surface area contributed by atoms with E-state index in [1.165, 1.54) is 17.0 Å². The molecule has 3 N–H and O–H groups in total. The van der Waals surface area contributed by atoms with Gasteiger partial charge in [0.25, 0.3) is 0 Å². The van der Waals surface area contributed by atoms with Crippen molar-refractivity contribution in [2.45, 2.75) is 32.1 Å². The zero-order valence-electron chi connectivity index (χ0n) is 20.7. The first-order chi connectivity index (χ1) is 17.0. The van der Waals surface area contributed by atoms with Crippen molar-refractivity contribution < 1.29 is 29.0 Å². The Morgan fingerprint density at radius 1 is 1.03 bits per heavy atom. The number of ether oxygens (including phenoxy) is 2. The Labute approximate surface area is 209 Å². The minimum Gasteiger partial charge on any atom is -0.478 e. The number of carboxylic acids is 1. The summed E-state index contributed by atoms with van der Waals surface area (Å²) in [6.07, 6.45) is 0. The minimum atomic E-state index is -1.20. The van der Waals surface area contributed by atoms with Crippen LogP contribution < -0.4 is 10.6 Å². The SMILES string of the molecule is COC(=O)C1=C(C(=O)OC)N(c2cc(C(=O)O)ccc2C(C)(C)C)C(N)=C(C#N)C1c1ccccc1. The summed E-state index contributed by atoms with van der Waals surface area (Å²) in [6.45, 7) is 5.70. The fourth-order valence-electron chi connectivity index (χ4n) is 4.25. The van der Waals surface area contributed by atoms with Gasteiger partial charge in [0, 0.05) is 0 Å². The van der Waals surface area contributed by atoms with Gasteiger partial charge in [0.1, 0.15) is 11.5 Å². The van der Waals surface area contributed by atoms with Crippen molar-refractivity contribution in [1.29, 1.82) is 5.26 Å². The third kappa shape index (κ3) is 4.53. The van der Waals surface area contributed by atoms with Gasteiger partial charge in [-0.05, 0) is 28.7 Å². The fourth-order valence-corrected chi connectivity index (χ4v) is 4.25. The van der Waals surface area contributed by atoms with Gasteiger partial charge in [-0.25, -0.2) is 14.4 Å². The number of nitrogens with zero attached hydrogens (tertiary/aromatic N) is 2. The Balaban J connectivity index is 2.53. The molecule has 36 heavy (non-hydrogen) atoms. The average Bonchev–Trinajstić information content (AvgIpc) is 2.86. The maximum atomic E-state index is 13.3. The molecule has 1 heterocycles. The van der Waals surface area contributed by atoms with E-state index in [0.29, 0.717) is 11.1 Å². The quantitative estimate of drug-likeness (QED) is 0.602. The number of anilines is 1. The van der Waals surface area contributed by atoms with Crippen LogP contribution in [0.1, 0.15) is 48.2 Å². The molecule has 1 unspecified atom stereocenters. The Bertz CT molecular complexity index is 1330. The van der Waals surface area contributed by atoms with Gasteiger partial charge in [-0.15, -0.1) is 0 Å². The molecule has 0 spiro atoms. The summed E-state index contributed by atoms with van der Waals surface area (Å²) in [5.41, 5.74) is 6.91. The number of carboxylic acid groups (broad SMARTS) is 1. The lowest BCUT2D eigenvalue weighted by Crippen LogP contribution is -2.41. The number of esters is 2. The Morgan fingerprint density at radius 2 is 1.64 bits per heavy atom. The van der Waals surface area contributed by atoms with Gasteiger partial charge in [0.2, 0.25) is 0 Å². The van der Waals surface area contributed by atoms with Crippen LogP contribution in [-0.4, -0.2) is 37.2 Å². The summed E-state index contributed by atoms with van der Waals surface area (Å²) in [7, 11) is 2.31. The first-order valence-electron chi connectivity index (χ1n) is 11.0. The number of rotatable bonds is 5. The molecule has 2 aromatic rings. The lowest BCUT2D eigenvalue weighted by Gasteiger charge is -2.38. The van der Waals surface area contributed by atoms with E-state index in [0.717, 1.165) is 14.2 Å². The van der Waals surface area contributed by atoms with E-state index in [2.05, 4.69) is 6.07 Å². The molecule has 0 saturated carbocycles. The average molecular weight is 490 g/mol. The first-order valence-corrected chi connectivity index (χ1v) is 11.0. The second-order valence-corrected chi connectivity index (χ2v) is 9.12. The van der Waals surface area contributed by atoms with Crippen molar-refractivity contribution >= 4 is 23.6 Å². The molecule has 0 aromatic heterocycles. The molecule has 2 aromatic carbocycles. The number of carbonyl (C=O) groups is 3. The largest absolute Gasteiger partial charge is 0.478 e. The number of hydrogen-bond acceptors (Lipinski definition) is 8. The van der Waals surface area contributed by atoms with Crippen molar-refractivity contribution in [2.75, 3.05) is 19.1 Å². The molecule has 1 atom stereocenters. The number of carbonyl (C=O) groups excluding carboxylic acids is 2. The number of nitriles is 1. The van der Waals surface area contributed by atoms with Crippen LogP contribution in [0.4, 0.5) is 5.69 Å². The summed E-state index contributed by atoms with van der Waals surface area (Å²) in [6, 6.07) is 15.1. The summed E-state index contributed by atoms with van der Waals surface area (Å²) >= 11 is 0. The first kappa shape index (κ1) is 26.0. The number of benzene rings is 2. The molecule has 186 valence electrons. The second kappa shape index (κ2) is 9.96. The van der Waals surface area contributed by atoms with E-state index in [4.69, 9.17) is 15.2 Å². The highest BCUT2D eigenvalue weighted by atomic mass is 16.5. The fraction of sp³-hybridized carbons (Fsp3) is 0.259. The molecule has 0 amide bonds. The standard InChI is InChI=1S/C27H27N3O6/c1-27(2,3)18-12-11-16(24(31)32)13-19(18)30-22(26(34)36-5)21(25(33)35-4)20(17(14-28)23(30)29)15-9-7-6-8-10-15/h6-13,20H,29H2,1-5H3,(H,31,32). The number of hydrogen-bond donors (Lipinski definition) is 2. The molecule has 1 aliphatic heterocycles. The summed E-state index contributed by atoms with van der Waals surface area (Å²) < 4.78 is 10.1. The molecular formula is C27H27N3O6. The Hall–Kier alpha value is -4.58. The minimum absolute atomic E-state index is 0.00478. The number of aromatic carboxylic acids is 1. The maximum absolute atomic E-state index is 13.3. The highest BCUT2D eigenvalue weighted by Gasteiger charge is 2.44. The molecule has 0 bridgehead atoms. The normalized spacial score (nSPS) is 15.9. The molecule has 9 heteroatoms. The number of allylic oxidation sites excluding steroid dienone is 1. The van der Waals surface area contributed by atoms with Gasteiger partial charge in [-0.2, -0.15) is 5.26 Å². The van der Waals surface area contributed by atoms with E-state index in [9.17, 15) is 24.8 Å². The van der Waals surface area contributed by atoms with Crippen molar-refractivity contribution in [3.63, 3.8) is 0 Å². The van der Waals surface area contributed by atoms with Crippen molar-refractivity contribution in [2.24, 2.45) is 5.73 Å². The maximum Gasteiger partial charge on any atom is 0.355 e. The molecule has 0 saturated heterocycles. The predicted molar refractivity (Wildman–Crippen MR) is 132 cm³/mol. The van der Waals surface area contributed by atoms with Crippen LogP contribution in [0, 0.1) is 11.3 Å². The summed E-state index contributed by atoms with van der Waals surface area (Å²) in [5.74, 6) is -4.11. The lowest BCUT2D eigenvalue weighted by atomic mass is 9.79. The molecule has 3 rings (SSSR count). The topological polar surface area (TPSA) is 143 Å². The highest BCUT2D eigenvalue weighted by molar-refractivity contribution is 6.06. The van der Waals surface area contributed by atoms with Gasteiger partial charge >= 0.3 is 17.9 Å². The van der Waals surface area contributed by atoms with Crippen LogP contribution in [-0.2, 0) is 24.5 Å². The molecule has 9 nitrogen and oxygen atoms in total. The van der Waals surface area contributed by atoms with Crippen LogP contribution in [0.15, 0.2) is 71.2 Å². The Morgan fingerprint density at radius 3 is 2.14 bits per heavy atom. The molecule has 0 aliphatic carbocycles. The molecular weight excluding hydrogens is 462 g/mol. The summed E-state index contributed by atoms with van der Waals surface area (Å²) in [4.78, 5) is 39.5. The van der Waals surface area contributed by atoms with Gasteiger partial charge in [0.05, 0.1) is 48.6 Å². The Kier molecular flexibility index (Phi) is 7.20. The zero-order chi connectivity index (χ0) is 26.8. The van der Waals surface area contributed by atoms with Crippen LogP contribution >= 0.6 is 0 Å². The molecule has 0 radical (unpaired) electrons. The van der Waals surface area contributed by atoms with Crippen molar-refractivity contribution in [1.82, 2.24) is 0 Å². The number of methoxy groups -OCH3 is 2.